The third kappa shape index (κ3) is 4.58. The highest BCUT2D eigenvalue weighted by molar-refractivity contribution is 7.79. The number of ether oxygens (including phenoxy) is 1. The summed E-state index contributed by atoms with van der Waals surface area (Å²) < 4.78 is 26.7. The maximum Gasteiger partial charge on any atom is 0.317 e. The van der Waals surface area contributed by atoms with Crippen molar-refractivity contribution in [2.45, 2.75) is 17.4 Å². The summed E-state index contributed by atoms with van der Waals surface area (Å²) in [6, 6.07) is 15.6. The first kappa shape index (κ1) is 20.0. The van der Waals surface area contributed by atoms with Crippen molar-refractivity contribution in [2.24, 2.45) is 5.92 Å². The van der Waals surface area contributed by atoms with E-state index < -0.39 is 17.0 Å². The lowest BCUT2D eigenvalue weighted by atomic mass is 9.89. The van der Waals surface area contributed by atoms with Gasteiger partial charge < -0.3 is 19.5 Å². The summed E-state index contributed by atoms with van der Waals surface area (Å²) in [6.45, 7) is 0.968. The lowest BCUT2D eigenvalue weighted by molar-refractivity contribution is -0.145. The minimum atomic E-state index is -2.27. The number of esters is 1. The molecule has 1 unspecified atom stereocenters. The molecule has 7 nitrogen and oxygen atoms in total. The molecular formula is C20H21N2O5S-. The first-order chi connectivity index (χ1) is 13.5. The summed E-state index contributed by atoms with van der Waals surface area (Å²) in [5.74, 6) is -0.861. The highest BCUT2D eigenvalue weighted by Crippen LogP contribution is 2.33. The van der Waals surface area contributed by atoms with Crippen molar-refractivity contribution in [2.75, 3.05) is 20.2 Å². The van der Waals surface area contributed by atoms with E-state index in [4.69, 9.17) is 4.74 Å². The van der Waals surface area contributed by atoms with Crippen molar-refractivity contribution in [3.05, 3.63) is 65.7 Å². The van der Waals surface area contributed by atoms with Crippen LogP contribution in [0.3, 0.4) is 0 Å². The number of hydrogen-bond acceptors (Lipinski definition) is 5. The largest absolute Gasteiger partial charge is 0.768 e. The summed E-state index contributed by atoms with van der Waals surface area (Å²) in [5, 5.41) is 2.82. The molecule has 28 heavy (non-hydrogen) atoms. The van der Waals surface area contributed by atoms with E-state index in [2.05, 4.69) is 5.32 Å². The molecule has 148 valence electrons. The van der Waals surface area contributed by atoms with Gasteiger partial charge in [-0.05, 0) is 34.3 Å². The molecule has 1 N–H and O–H groups in total. The number of hydrogen-bond donors (Lipinski definition) is 1. The fraction of sp³-hybridized carbons (Fsp3) is 0.300. The number of amides is 2. The Morgan fingerprint density at radius 2 is 1.82 bits per heavy atom. The lowest BCUT2D eigenvalue weighted by Crippen LogP contribution is -2.38. The van der Waals surface area contributed by atoms with Crippen molar-refractivity contribution < 1.29 is 23.1 Å². The van der Waals surface area contributed by atoms with Gasteiger partial charge in [-0.1, -0.05) is 42.5 Å². The topological polar surface area (TPSA) is 98.8 Å². The van der Waals surface area contributed by atoms with E-state index in [1.807, 2.05) is 30.3 Å². The summed E-state index contributed by atoms with van der Waals surface area (Å²) in [5.41, 5.74) is 1.78. The van der Waals surface area contributed by atoms with Crippen LogP contribution in [0.4, 0.5) is 4.79 Å². The van der Waals surface area contributed by atoms with Crippen molar-refractivity contribution in [3.8, 4) is 0 Å². The van der Waals surface area contributed by atoms with Gasteiger partial charge in [-0.3, -0.25) is 9.00 Å². The van der Waals surface area contributed by atoms with Gasteiger partial charge in [0.2, 0.25) is 0 Å². The van der Waals surface area contributed by atoms with E-state index in [-0.39, 0.29) is 35.9 Å². The van der Waals surface area contributed by atoms with Gasteiger partial charge in [-0.15, -0.1) is 0 Å². The van der Waals surface area contributed by atoms with Gasteiger partial charge in [0.15, 0.2) is 0 Å². The average Bonchev–Trinajstić information content (AvgIpc) is 3.18. The molecular weight excluding hydrogens is 380 g/mol. The highest BCUT2D eigenvalue weighted by atomic mass is 32.2. The lowest BCUT2D eigenvalue weighted by Gasteiger charge is -2.17. The molecule has 2 amide bonds. The third-order valence-electron chi connectivity index (χ3n) is 4.90. The Labute approximate surface area is 166 Å². The average molecular weight is 401 g/mol. The SMILES string of the molecule is COC(=O)[C@H]1CN(C(=O)NCc2ccc(S(=O)[O-])cc2)C[C@@H]1c1ccccc1. The van der Waals surface area contributed by atoms with Gasteiger partial charge in [-0.25, -0.2) is 4.79 Å². The molecule has 0 radical (unpaired) electrons. The number of carbonyl (C=O) groups excluding carboxylic acids is 2. The molecule has 1 aliphatic heterocycles. The molecule has 3 rings (SSSR count). The summed E-state index contributed by atoms with van der Waals surface area (Å²) in [6.07, 6.45) is 0. The van der Waals surface area contributed by atoms with Crippen LogP contribution < -0.4 is 5.32 Å². The Hall–Kier alpha value is -2.71. The minimum absolute atomic E-state index is 0.120. The fourth-order valence-electron chi connectivity index (χ4n) is 3.41. The molecule has 0 spiro atoms. The van der Waals surface area contributed by atoms with Crippen molar-refractivity contribution in [1.82, 2.24) is 10.2 Å². The van der Waals surface area contributed by atoms with Gasteiger partial charge in [0, 0.05) is 30.4 Å². The Kier molecular flexibility index (Phi) is 6.43. The zero-order chi connectivity index (χ0) is 20.1. The standard InChI is InChI=1S/C20H22N2O5S/c1-27-19(23)18-13-22(12-17(18)15-5-3-2-4-6-15)20(24)21-11-14-7-9-16(10-8-14)28(25)26/h2-10,17-18H,11-13H2,1H3,(H,21,24)(H,25,26)/p-1/t17-,18+/m1/s1. The highest BCUT2D eigenvalue weighted by Gasteiger charge is 2.41. The maximum absolute atomic E-state index is 12.6. The number of methoxy groups -OCH3 is 1. The quantitative estimate of drug-likeness (QED) is 0.610. The number of nitrogens with zero attached hydrogens (tertiary/aromatic N) is 1. The normalized spacial score (nSPS) is 19.9. The Balaban J connectivity index is 1.65. The summed E-state index contributed by atoms with van der Waals surface area (Å²) in [7, 11) is 1.35. The van der Waals surface area contributed by atoms with E-state index in [9.17, 15) is 18.4 Å². The van der Waals surface area contributed by atoms with Crippen LogP contribution in [0.1, 0.15) is 17.0 Å². The van der Waals surface area contributed by atoms with Crippen LogP contribution in [0.5, 0.6) is 0 Å². The number of rotatable bonds is 5. The van der Waals surface area contributed by atoms with Gasteiger partial charge in [0.25, 0.3) is 0 Å². The smallest absolute Gasteiger partial charge is 0.317 e. The zero-order valence-electron chi connectivity index (χ0n) is 15.4. The predicted octanol–water partition coefficient (Wildman–Crippen LogP) is 2.02. The molecule has 1 heterocycles. The number of likely N-dealkylation sites (tertiary alicyclic amines) is 1. The molecule has 0 saturated carbocycles. The van der Waals surface area contributed by atoms with Crippen LogP contribution in [0, 0.1) is 5.92 Å². The molecule has 3 atom stereocenters. The van der Waals surface area contributed by atoms with Crippen LogP contribution in [-0.4, -0.2) is 45.9 Å². The first-order valence-corrected chi connectivity index (χ1v) is 9.91. The van der Waals surface area contributed by atoms with E-state index in [1.54, 1.807) is 17.0 Å². The number of urea groups is 1. The molecule has 0 aromatic heterocycles. The molecule has 2 aromatic carbocycles. The molecule has 8 heteroatoms. The molecule has 2 aromatic rings. The van der Waals surface area contributed by atoms with Crippen LogP contribution in [0.2, 0.25) is 0 Å². The van der Waals surface area contributed by atoms with Gasteiger partial charge in [0.05, 0.1) is 13.0 Å². The number of benzene rings is 2. The summed E-state index contributed by atoms with van der Waals surface area (Å²) >= 11 is -2.27. The van der Waals surface area contributed by atoms with Gasteiger partial charge in [-0.2, -0.15) is 0 Å². The van der Waals surface area contributed by atoms with Crippen molar-refractivity contribution in [3.63, 3.8) is 0 Å². The maximum atomic E-state index is 12.6. The van der Waals surface area contributed by atoms with E-state index in [1.165, 1.54) is 19.2 Å². The number of carbonyl (C=O) groups is 2. The zero-order valence-corrected chi connectivity index (χ0v) is 16.2. The summed E-state index contributed by atoms with van der Waals surface area (Å²) in [4.78, 5) is 26.6. The van der Waals surface area contributed by atoms with Crippen LogP contribution in [0.25, 0.3) is 0 Å². The Morgan fingerprint density at radius 3 is 2.43 bits per heavy atom. The van der Waals surface area contributed by atoms with Crippen LogP contribution in [0.15, 0.2) is 59.5 Å². The Morgan fingerprint density at radius 1 is 1.14 bits per heavy atom. The van der Waals surface area contributed by atoms with E-state index >= 15 is 0 Å². The first-order valence-electron chi connectivity index (χ1n) is 8.83. The predicted molar refractivity (Wildman–Crippen MR) is 102 cm³/mol. The van der Waals surface area contributed by atoms with Crippen LogP contribution in [-0.2, 0) is 27.2 Å². The second-order valence-corrected chi connectivity index (χ2v) is 7.53. The van der Waals surface area contributed by atoms with Crippen LogP contribution >= 0.6 is 0 Å². The monoisotopic (exact) mass is 401 g/mol. The van der Waals surface area contributed by atoms with Crippen molar-refractivity contribution >= 4 is 23.1 Å². The fourth-order valence-corrected chi connectivity index (χ4v) is 3.76. The van der Waals surface area contributed by atoms with E-state index in [0.29, 0.717) is 6.54 Å². The molecule has 0 aliphatic carbocycles. The van der Waals surface area contributed by atoms with Crippen molar-refractivity contribution in [1.29, 1.82) is 0 Å². The molecule has 1 fully saturated rings. The molecule has 1 saturated heterocycles. The van der Waals surface area contributed by atoms with Gasteiger partial charge in [0.1, 0.15) is 0 Å². The second kappa shape index (κ2) is 8.99. The number of nitrogens with one attached hydrogen (secondary N) is 1. The van der Waals surface area contributed by atoms with E-state index in [0.717, 1.165) is 11.1 Å². The minimum Gasteiger partial charge on any atom is -0.768 e. The molecule has 0 bridgehead atoms. The third-order valence-corrected chi connectivity index (χ3v) is 5.56. The van der Waals surface area contributed by atoms with Gasteiger partial charge >= 0.3 is 12.0 Å². The Bertz CT molecular complexity index is 857. The molecule has 1 aliphatic rings. The second-order valence-electron chi connectivity index (χ2n) is 6.59.